The second-order valence-corrected chi connectivity index (χ2v) is 6.85. The lowest BCUT2D eigenvalue weighted by molar-refractivity contribution is 0.0625. The molecule has 1 aliphatic rings. The highest BCUT2D eigenvalue weighted by molar-refractivity contribution is 5.97. The summed E-state index contributed by atoms with van der Waals surface area (Å²) < 4.78 is 5.48. The zero-order chi connectivity index (χ0) is 19.2. The summed E-state index contributed by atoms with van der Waals surface area (Å²) in [5, 5.41) is 10.1. The van der Waals surface area contributed by atoms with Gasteiger partial charge in [0.25, 0.3) is 5.91 Å². The minimum atomic E-state index is -0.0801. The lowest BCUT2D eigenvalue weighted by Crippen LogP contribution is -2.48. The lowest BCUT2D eigenvalue weighted by Gasteiger charge is -2.35. The number of carbonyl (C=O) groups excluding carboxylic acids is 1. The molecule has 0 unspecified atom stereocenters. The molecule has 1 heterocycles. The smallest absolute Gasteiger partial charge is 0.257 e. The Morgan fingerprint density at radius 1 is 1.00 bits per heavy atom. The molecule has 0 bridgehead atoms. The Balaban J connectivity index is 1.56. The Morgan fingerprint density at radius 2 is 1.67 bits per heavy atom. The van der Waals surface area contributed by atoms with Gasteiger partial charge in [-0.3, -0.25) is 9.69 Å². The van der Waals surface area contributed by atoms with Crippen molar-refractivity contribution in [3.05, 3.63) is 59.2 Å². The van der Waals surface area contributed by atoms with E-state index in [1.807, 2.05) is 43.0 Å². The Hall–Kier alpha value is -2.53. The molecule has 0 atom stereocenters. The number of phenolic OH excluding ortho intramolecular Hbond substituents is 1. The summed E-state index contributed by atoms with van der Waals surface area (Å²) in [6.07, 6.45) is 0.844. The van der Waals surface area contributed by atoms with E-state index in [2.05, 4.69) is 17.0 Å². The van der Waals surface area contributed by atoms with Crippen LogP contribution in [-0.4, -0.2) is 53.6 Å². The van der Waals surface area contributed by atoms with Crippen LogP contribution in [0.5, 0.6) is 11.5 Å². The first kappa shape index (κ1) is 19.2. The zero-order valence-electron chi connectivity index (χ0n) is 16.1. The molecular formula is C22H28N2O3. The van der Waals surface area contributed by atoms with Gasteiger partial charge in [0.15, 0.2) is 0 Å². The van der Waals surface area contributed by atoms with Gasteiger partial charge in [0.05, 0.1) is 12.2 Å². The minimum Gasteiger partial charge on any atom is -0.507 e. The number of hydrogen-bond donors (Lipinski definition) is 1. The van der Waals surface area contributed by atoms with E-state index < -0.39 is 0 Å². The molecule has 1 N–H and O–H groups in total. The van der Waals surface area contributed by atoms with Gasteiger partial charge in [-0.15, -0.1) is 0 Å². The molecule has 0 spiro atoms. The molecule has 0 aliphatic carbocycles. The first-order valence-electron chi connectivity index (χ1n) is 9.66. The second kappa shape index (κ2) is 8.91. The van der Waals surface area contributed by atoms with Crippen molar-refractivity contribution in [2.45, 2.75) is 26.8 Å². The van der Waals surface area contributed by atoms with Gasteiger partial charge >= 0.3 is 0 Å². The third-order valence-electron chi connectivity index (χ3n) is 5.00. The number of ether oxygens (including phenoxy) is 1. The first-order valence-corrected chi connectivity index (χ1v) is 9.66. The Labute approximate surface area is 161 Å². The van der Waals surface area contributed by atoms with E-state index in [9.17, 15) is 9.90 Å². The summed E-state index contributed by atoms with van der Waals surface area (Å²) in [5.74, 6) is 0.878. The van der Waals surface area contributed by atoms with Gasteiger partial charge in [-0.2, -0.15) is 0 Å². The van der Waals surface area contributed by atoms with Crippen molar-refractivity contribution < 1.29 is 14.6 Å². The van der Waals surface area contributed by atoms with Crippen LogP contribution in [0, 0.1) is 0 Å². The highest BCUT2D eigenvalue weighted by Gasteiger charge is 2.24. The average Bonchev–Trinajstić information content (AvgIpc) is 2.70. The predicted molar refractivity (Wildman–Crippen MR) is 106 cm³/mol. The number of amides is 1. The number of carbonyl (C=O) groups is 1. The SMILES string of the molecule is CCOc1ccc(CN2CCN(C(=O)c3cc(CC)ccc3O)CC2)cc1. The molecule has 1 fully saturated rings. The van der Waals surface area contributed by atoms with E-state index in [1.165, 1.54) is 5.56 Å². The molecule has 5 nitrogen and oxygen atoms in total. The molecule has 0 saturated carbocycles. The quantitative estimate of drug-likeness (QED) is 0.850. The van der Waals surface area contributed by atoms with Gasteiger partial charge in [-0.05, 0) is 48.7 Å². The van der Waals surface area contributed by atoms with Crippen LogP contribution in [0.25, 0.3) is 0 Å². The molecule has 144 valence electrons. The Bertz CT molecular complexity index is 766. The van der Waals surface area contributed by atoms with Crippen LogP contribution in [0.2, 0.25) is 0 Å². The van der Waals surface area contributed by atoms with Crippen molar-refractivity contribution >= 4 is 5.91 Å². The normalized spacial score (nSPS) is 15.0. The fourth-order valence-corrected chi connectivity index (χ4v) is 3.37. The third kappa shape index (κ3) is 4.80. The molecule has 27 heavy (non-hydrogen) atoms. The van der Waals surface area contributed by atoms with Gasteiger partial charge in [0, 0.05) is 32.7 Å². The minimum absolute atomic E-state index is 0.0639. The van der Waals surface area contributed by atoms with Gasteiger partial charge in [0.2, 0.25) is 0 Å². The molecule has 5 heteroatoms. The molecular weight excluding hydrogens is 340 g/mol. The van der Waals surface area contributed by atoms with E-state index >= 15 is 0 Å². The molecule has 0 radical (unpaired) electrons. The largest absolute Gasteiger partial charge is 0.507 e. The van der Waals surface area contributed by atoms with Crippen molar-refractivity contribution in [3.63, 3.8) is 0 Å². The van der Waals surface area contributed by atoms with E-state index in [1.54, 1.807) is 6.07 Å². The molecule has 1 saturated heterocycles. The van der Waals surface area contributed by atoms with Crippen LogP contribution in [-0.2, 0) is 13.0 Å². The van der Waals surface area contributed by atoms with Crippen LogP contribution >= 0.6 is 0 Å². The van der Waals surface area contributed by atoms with Crippen molar-refractivity contribution in [1.82, 2.24) is 9.80 Å². The number of aryl methyl sites for hydroxylation is 1. The highest BCUT2D eigenvalue weighted by atomic mass is 16.5. The zero-order valence-corrected chi connectivity index (χ0v) is 16.1. The number of benzene rings is 2. The van der Waals surface area contributed by atoms with E-state index in [-0.39, 0.29) is 11.7 Å². The Morgan fingerprint density at radius 3 is 2.30 bits per heavy atom. The van der Waals surface area contributed by atoms with E-state index in [0.29, 0.717) is 25.3 Å². The van der Waals surface area contributed by atoms with Crippen LogP contribution in [0.15, 0.2) is 42.5 Å². The molecule has 0 aromatic heterocycles. The van der Waals surface area contributed by atoms with Crippen molar-refractivity contribution in [2.24, 2.45) is 0 Å². The highest BCUT2D eigenvalue weighted by Crippen LogP contribution is 2.22. The van der Waals surface area contributed by atoms with E-state index in [4.69, 9.17) is 4.74 Å². The van der Waals surface area contributed by atoms with Gasteiger partial charge in [0.1, 0.15) is 11.5 Å². The number of rotatable bonds is 6. The van der Waals surface area contributed by atoms with Crippen LogP contribution in [0.3, 0.4) is 0 Å². The summed E-state index contributed by atoms with van der Waals surface area (Å²) in [5.41, 5.74) is 2.71. The standard InChI is InChI=1S/C22H28N2O3/c1-3-17-7-10-21(25)20(15-17)22(26)24-13-11-23(12-14-24)16-18-5-8-19(9-6-18)27-4-2/h5-10,15,25H,3-4,11-14,16H2,1-2H3. The number of aromatic hydroxyl groups is 1. The Kier molecular flexibility index (Phi) is 6.35. The van der Waals surface area contributed by atoms with Crippen LogP contribution < -0.4 is 4.74 Å². The molecule has 2 aromatic rings. The van der Waals surface area contributed by atoms with E-state index in [0.717, 1.165) is 37.4 Å². The van der Waals surface area contributed by atoms with Crippen LogP contribution in [0.4, 0.5) is 0 Å². The lowest BCUT2D eigenvalue weighted by atomic mass is 10.1. The van der Waals surface area contributed by atoms with Crippen molar-refractivity contribution in [1.29, 1.82) is 0 Å². The molecule has 2 aromatic carbocycles. The molecule has 1 aliphatic heterocycles. The summed E-state index contributed by atoms with van der Waals surface area (Å²) in [6, 6.07) is 13.5. The topological polar surface area (TPSA) is 53.0 Å². The fraction of sp³-hybridized carbons (Fsp3) is 0.409. The van der Waals surface area contributed by atoms with Crippen LogP contribution in [0.1, 0.15) is 35.3 Å². The van der Waals surface area contributed by atoms with Gasteiger partial charge < -0.3 is 14.7 Å². The number of hydrogen-bond acceptors (Lipinski definition) is 4. The van der Waals surface area contributed by atoms with Gasteiger partial charge in [-0.25, -0.2) is 0 Å². The summed E-state index contributed by atoms with van der Waals surface area (Å²) in [4.78, 5) is 17.0. The number of nitrogens with zero attached hydrogens (tertiary/aromatic N) is 2. The third-order valence-corrected chi connectivity index (χ3v) is 5.00. The maximum Gasteiger partial charge on any atom is 0.257 e. The van der Waals surface area contributed by atoms with Gasteiger partial charge in [-0.1, -0.05) is 25.1 Å². The summed E-state index contributed by atoms with van der Waals surface area (Å²) in [7, 11) is 0. The maximum absolute atomic E-state index is 12.8. The summed E-state index contributed by atoms with van der Waals surface area (Å²) >= 11 is 0. The second-order valence-electron chi connectivity index (χ2n) is 6.85. The predicted octanol–water partition coefficient (Wildman–Crippen LogP) is 3.31. The average molecular weight is 368 g/mol. The number of phenols is 1. The monoisotopic (exact) mass is 368 g/mol. The molecule has 3 rings (SSSR count). The summed E-state index contributed by atoms with van der Waals surface area (Å²) in [6.45, 7) is 8.56. The van der Waals surface area contributed by atoms with Crippen molar-refractivity contribution in [3.8, 4) is 11.5 Å². The molecule has 1 amide bonds. The number of piperazine rings is 1. The van der Waals surface area contributed by atoms with Crippen molar-refractivity contribution in [2.75, 3.05) is 32.8 Å². The fourth-order valence-electron chi connectivity index (χ4n) is 3.37. The first-order chi connectivity index (χ1) is 13.1. The maximum atomic E-state index is 12.8.